The molecule has 24 heavy (non-hydrogen) atoms. The van der Waals surface area contributed by atoms with E-state index in [0.29, 0.717) is 35.9 Å². The van der Waals surface area contributed by atoms with Crippen LogP contribution in [0.25, 0.3) is 0 Å². The Balaban J connectivity index is 1.78. The number of methoxy groups -OCH3 is 1. The number of hydrogen-bond donors (Lipinski definition) is 2. The minimum absolute atomic E-state index is 0.162. The van der Waals surface area contributed by atoms with Crippen molar-refractivity contribution < 1.29 is 9.53 Å². The zero-order valence-corrected chi connectivity index (χ0v) is 14.8. The smallest absolute Gasteiger partial charge is 0.252 e. The highest BCUT2D eigenvalue weighted by molar-refractivity contribution is 9.10. The van der Waals surface area contributed by atoms with Crippen molar-refractivity contribution in [1.29, 1.82) is 5.26 Å². The number of nitrogens with one attached hydrogen (secondary N) is 2. The molecule has 0 unspecified atom stereocenters. The number of anilines is 1. The summed E-state index contributed by atoms with van der Waals surface area (Å²) in [7, 11) is 1.56. The number of benzene rings is 1. The van der Waals surface area contributed by atoms with Crippen LogP contribution in [0.5, 0.6) is 5.75 Å². The number of aromatic nitrogens is 1. The second kappa shape index (κ2) is 8.89. The number of nitrogens with zero attached hydrogens (tertiary/aromatic N) is 2. The Morgan fingerprint density at radius 1 is 1.33 bits per heavy atom. The lowest BCUT2D eigenvalue weighted by Gasteiger charge is -2.09. The monoisotopic (exact) mass is 388 g/mol. The maximum atomic E-state index is 12.2. The third-order valence-corrected chi connectivity index (χ3v) is 3.92. The molecule has 6 nitrogen and oxygen atoms in total. The zero-order valence-electron chi connectivity index (χ0n) is 13.2. The van der Waals surface area contributed by atoms with Gasteiger partial charge in [-0.1, -0.05) is 6.07 Å². The first kappa shape index (κ1) is 17.8. The van der Waals surface area contributed by atoms with E-state index in [-0.39, 0.29) is 5.91 Å². The SMILES string of the molecule is COc1ccc(Br)c(C(=O)NCCCNc2cccc(C#N)n2)c1. The van der Waals surface area contributed by atoms with Crippen LogP contribution in [-0.4, -0.2) is 31.1 Å². The van der Waals surface area contributed by atoms with Crippen molar-refractivity contribution in [3.05, 3.63) is 52.1 Å². The van der Waals surface area contributed by atoms with Gasteiger partial charge >= 0.3 is 0 Å². The summed E-state index contributed by atoms with van der Waals surface area (Å²) in [4.78, 5) is 16.3. The lowest BCUT2D eigenvalue weighted by molar-refractivity contribution is 0.0952. The Morgan fingerprint density at radius 2 is 2.17 bits per heavy atom. The van der Waals surface area contributed by atoms with E-state index in [9.17, 15) is 4.79 Å². The van der Waals surface area contributed by atoms with Gasteiger partial charge in [0.05, 0.1) is 12.7 Å². The van der Waals surface area contributed by atoms with E-state index < -0.39 is 0 Å². The average molecular weight is 389 g/mol. The topological polar surface area (TPSA) is 87.0 Å². The number of nitriles is 1. The van der Waals surface area contributed by atoms with Gasteiger partial charge in [-0.25, -0.2) is 4.98 Å². The number of carbonyl (C=O) groups is 1. The summed E-state index contributed by atoms with van der Waals surface area (Å²) in [5.41, 5.74) is 0.905. The van der Waals surface area contributed by atoms with Crippen LogP contribution in [0.1, 0.15) is 22.5 Å². The molecule has 0 aliphatic heterocycles. The Labute approximate surface area is 149 Å². The van der Waals surface area contributed by atoms with Crippen LogP contribution in [0.4, 0.5) is 5.82 Å². The molecule has 1 aromatic carbocycles. The lowest BCUT2D eigenvalue weighted by atomic mass is 10.2. The fraction of sp³-hybridized carbons (Fsp3) is 0.235. The molecule has 124 valence electrons. The molecule has 2 aromatic rings. The summed E-state index contributed by atoms with van der Waals surface area (Å²) in [6.45, 7) is 1.16. The predicted octanol–water partition coefficient (Wildman–Crippen LogP) is 2.96. The predicted molar refractivity (Wildman–Crippen MR) is 95.1 cm³/mol. The Hall–Kier alpha value is -2.59. The molecule has 2 rings (SSSR count). The molecule has 0 aliphatic rings. The van der Waals surface area contributed by atoms with E-state index >= 15 is 0 Å². The van der Waals surface area contributed by atoms with Gasteiger partial charge < -0.3 is 15.4 Å². The van der Waals surface area contributed by atoms with Gasteiger partial charge in [0.25, 0.3) is 5.91 Å². The van der Waals surface area contributed by atoms with Crippen LogP contribution in [0.15, 0.2) is 40.9 Å². The van der Waals surface area contributed by atoms with Crippen molar-refractivity contribution in [3.63, 3.8) is 0 Å². The second-order valence-electron chi connectivity index (χ2n) is 4.90. The van der Waals surface area contributed by atoms with Gasteiger partial charge in [0, 0.05) is 17.6 Å². The van der Waals surface area contributed by atoms with E-state index in [1.807, 2.05) is 6.07 Å². The molecule has 1 heterocycles. The standard InChI is InChI=1S/C17H17BrN4O2/c1-24-13-6-7-15(18)14(10-13)17(23)21-9-3-8-20-16-5-2-4-12(11-19)22-16/h2,4-7,10H,3,8-9H2,1H3,(H,20,22)(H,21,23). The first-order valence-electron chi connectivity index (χ1n) is 7.37. The third kappa shape index (κ3) is 4.96. The number of ether oxygens (including phenoxy) is 1. The van der Waals surface area contributed by atoms with E-state index in [1.54, 1.807) is 43.5 Å². The number of carbonyl (C=O) groups excluding carboxylic acids is 1. The van der Waals surface area contributed by atoms with Gasteiger partial charge in [-0.2, -0.15) is 5.26 Å². The van der Waals surface area contributed by atoms with Crippen molar-refractivity contribution in [2.24, 2.45) is 0 Å². The second-order valence-corrected chi connectivity index (χ2v) is 5.76. The van der Waals surface area contributed by atoms with Gasteiger partial charge in [-0.05, 0) is 52.7 Å². The van der Waals surface area contributed by atoms with Gasteiger partial charge in [0.1, 0.15) is 23.3 Å². The molecule has 0 saturated carbocycles. The van der Waals surface area contributed by atoms with E-state index in [1.165, 1.54) is 0 Å². The first-order chi connectivity index (χ1) is 11.6. The minimum Gasteiger partial charge on any atom is -0.497 e. The van der Waals surface area contributed by atoms with Crippen molar-refractivity contribution in [2.75, 3.05) is 25.5 Å². The number of amides is 1. The fourth-order valence-electron chi connectivity index (χ4n) is 2.00. The van der Waals surface area contributed by atoms with Crippen LogP contribution >= 0.6 is 15.9 Å². The summed E-state index contributed by atoms with van der Waals surface area (Å²) in [6.07, 6.45) is 0.728. The normalized spacial score (nSPS) is 9.88. The molecule has 0 atom stereocenters. The quantitative estimate of drug-likeness (QED) is 0.711. The molecule has 0 saturated heterocycles. The van der Waals surface area contributed by atoms with Gasteiger partial charge in [-0.3, -0.25) is 4.79 Å². The Morgan fingerprint density at radius 3 is 2.92 bits per heavy atom. The zero-order chi connectivity index (χ0) is 17.4. The van der Waals surface area contributed by atoms with Crippen LogP contribution < -0.4 is 15.4 Å². The van der Waals surface area contributed by atoms with Gasteiger partial charge in [0.15, 0.2) is 0 Å². The van der Waals surface area contributed by atoms with Crippen LogP contribution in [0, 0.1) is 11.3 Å². The summed E-state index contributed by atoms with van der Waals surface area (Å²) < 4.78 is 5.85. The van der Waals surface area contributed by atoms with Gasteiger partial charge in [-0.15, -0.1) is 0 Å². The minimum atomic E-state index is -0.162. The van der Waals surface area contributed by atoms with Crippen LogP contribution in [0.2, 0.25) is 0 Å². The van der Waals surface area contributed by atoms with Crippen molar-refractivity contribution in [2.45, 2.75) is 6.42 Å². The lowest BCUT2D eigenvalue weighted by Crippen LogP contribution is -2.26. The summed E-state index contributed by atoms with van der Waals surface area (Å²) in [6, 6.07) is 12.5. The van der Waals surface area contributed by atoms with E-state index in [2.05, 4.69) is 31.5 Å². The van der Waals surface area contributed by atoms with Crippen LogP contribution in [0.3, 0.4) is 0 Å². The molecule has 0 spiro atoms. The molecule has 7 heteroatoms. The van der Waals surface area contributed by atoms with E-state index in [4.69, 9.17) is 10.00 Å². The Kier molecular flexibility index (Phi) is 6.58. The highest BCUT2D eigenvalue weighted by Crippen LogP contribution is 2.22. The average Bonchev–Trinajstić information content (AvgIpc) is 2.61. The highest BCUT2D eigenvalue weighted by Gasteiger charge is 2.10. The molecule has 0 fully saturated rings. The summed E-state index contributed by atoms with van der Waals surface area (Å²) in [5.74, 6) is 1.12. The van der Waals surface area contributed by atoms with Crippen LogP contribution in [-0.2, 0) is 0 Å². The molecule has 0 bridgehead atoms. The van der Waals surface area contributed by atoms with E-state index in [0.717, 1.165) is 10.9 Å². The number of rotatable bonds is 7. The summed E-state index contributed by atoms with van der Waals surface area (Å²) in [5, 5.41) is 14.8. The number of pyridine rings is 1. The van der Waals surface area contributed by atoms with Gasteiger partial charge in [0.2, 0.25) is 0 Å². The maximum absolute atomic E-state index is 12.2. The molecular formula is C17H17BrN4O2. The highest BCUT2D eigenvalue weighted by atomic mass is 79.9. The number of hydrogen-bond acceptors (Lipinski definition) is 5. The van der Waals surface area contributed by atoms with Crippen molar-refractivity contribution in [1.82, 2.24) is 10.3 Å². The summed E-state index contributed by atoms with van der Waals surface area (Å²) >= 11 is 3.36. The third-order valence-electron chi connectivity index (χ3n) is 3.23. The Bertz CT molecular complexity index is 758. The van der Waals surface area contributed by atoms with Crippen molar-refractivity contribution >= 4 is 27.7 Å². The molecule has 0 radical (unpaired) electrons. The molecular weight excluding hydrogens is 372 g/mol. The molecule has 1 amide bonds. The fourth-order valence-corrected chi connectivity index (χ4v) is 2.43. The molecule has 0 aliphatic carbocycles. The first-order valence-corrected chi connectivity index (χ1v) is 8.16. The molecule has 2 N–H and O–H groups in total. The van der Waals surface area contributed by atoms with Crippen molar-refractivity contribution in [3.8, 4) is 11.8 Å². The molecule has 1 aromatic heterocycles. The number of halogens is 1. The maximum Gasteiger partial charge on any atom is 0.252 e. The largest absolute Gasteiger partial charge is 0.497 e.